The average Bonchev–Trinajstić information content (AvgIpc) is 2.75. The lowest BCUT2D eigenvalue weighted by molar-refractivity contribution is 0.0367. The fraction of sp³-hybridized carbons (Fsp3) is 1.00. The van der Waals surface area contributed by atoms with Gasteiger partial charge < -0.3 is 9.47 Å². The van der Waals surface area contributed by atoms with E-state index in [1.54, 1.807) is 0 Å². The minimum atomic E-state index is -1.20. The number of alkyl halides is 1. The van der Waals surface area contributed by atoms with Crippen LogP contribution >= 0.6 is 0 Å². The molecule has 2 aliphatic rings. The van der Waals surface area contributed by atoms with Crippen LogP contribution in [0.5, 0.6) is 0 Å². The SMILES string of the molecule is C1COC1.CCCCCCC1(F)CO1. The third-order valence-corrected chi connectivity index (χ3v) is 2.44. The minimum absolute atomic E-state index is 0.332. The van der Waals surface area contributed by atoms with E-state index in [1.807, 2.05) is 0 Å². The lowest BCUT2D eigenvalue weighted by Gasteiger charge is -2.09. The van der Waals surface area contributed by atoms with Crippen LogP contribution in [0.4, 0.5) is 4.39 Å². The predicted molar refractivity (Wildman–Crippen MR) is 54.0 cm³/mol. The summed E-state index contributed by atoms with van der Waals surface area (Å²) < 4.78 is 22.0. The van der Waals surface area contributed by atoms with E-state index >= 15 is 0 Å². The van der Waals surface area contributed by atoms with Crippen LogP contribution in [0.2, 0.25) is 0 Å². The number of epoxide rings is 1. The number of ether oxygens (including phenoxy) is 2. The van der Waals surface area contributed by atoms with Crippen molar-refractivity contribution in [2.45, 2.75) is 51.3 Å². The second-order valence-electron chi connectivity index (χ2n) is 3.95. The first kappa shape index (κ1) is 11.9. The van der Waals surface area contributed by atoms with Crippen LogP contribution in [-0.4, -0.2) is 25.7 Å². The zero-order valence-electron chi connectivity index (χ0n) is 9.06. The second kappa shape index (κ2) is 6.36. The molecule has 0 radical (unpaired) electrons. The summed E-state index contributed by atoms with van der Waals surface area (Å²) in [7, 11) is 0. The summed E-state index contributed by atoms with van der Waals surface area (Å²) in [6.45, 7) is 4.48. The molecule has 0 saturated carbocycles. The lowest BCUT2D eigenvalue weighted by atomic mass is 10.1. The van der Waals surface area contributed by atoms with Crippen LogP contribution in [0.25, 0.3) is 0 Å². The third-order valence-electron chi connectivity index (χ3n) is 2.44. The topological polar surface area (TPSA) is 21.8 Å². The Morgan fingerprint density at radius 3 is 2.14 bits per heavy atom. The zero-order valence-corrected chi connectivity index (χ0v) is 9.06. The van der Waals surface area contributed by atoms with Gasteiger partial charge in [-0.3, -0.25) is 0 Å². The summed E-state index contributed by atoms with van der Waals surface area (Å²) in [5, 5.41) is 0. The van der Waals surface area contributed by atoms with E-state index in [-0.39, 0.29) is 0 Å². The van der Waals surface area contributed by atoms with Crippen molar-refractivity contribution >= 4 is 0 Å². The molecule has 1 atom stereocenters. The first-order chi connectivity index (χ1) is 6.77. The Hall–Kier alpha value is -0.150. The summed E-state index contributed by atoms with van der Waals surface area (Å²) >= 11 is 0. The molecule has 0 bridgehead atoms. The average molecular weight is 204 g/mol. The molecule has 0 aromatic rings. The highest BCUT2D eigenvalue weighted by molar-refractivity contribution is 4.79. The maximum Gasteiger partial charge on any atom is 0.233 e. The highest BCUT2D eigenvalue weighted by Crippen LogP contribution is 2.34. The van der Waals surface area contributed by atoms with Crippen molar-refractivity contribution in [3.05, 3.63) is 0 Å². The normalized spacial score (nSPS) is 28.7. The molecule has 0 aromatic carbocycles. The highest BCUT2D eigenvalue weighted by atomic mass is 19.2. The van der Waals surface area contributed by atoms with E-state index in [0.29, 0.717) is 13.0 Å². The molecule has 3 heteroatoms. The van der Waals surface area contributed by atoms with Gasteiger partial charge in [0, 0.05) is 19.6 Å². The molecular weight excluding hydrogens is 183 g/mol. The molecule has 1 unspecified atom stereocenters. The molecule has 0 amide bonds. The Bertz CT molecular complexity index is 138. The fourth-order valence-electron chi connectivity index (χ4n) is 1.18. The molecule has 2 saturated heterocycles. The molecule has 0 N–H and O–H groups in total. The van der Waals surface area contributed by atoms with Crippen LogP contribution < -0.4 is 0 Å². The van der Waals surface area contributed by atoms with Gasteiger partial charge in [0.25, 0.3) is 0 Å². The van der Waals surface area contributed by atoms with Gasteiger partial charge in [-0.25, -0.2) is 4.39 Å². The highest BCUT2D eigenvalue weighted by Gasteiger charge is 2.44. The maximum atomic E-state index is 12.7. The number of hydrogen-bond donors (Lipinski definition) is 0. The van der Waals surface area contributed by atoms with E-state index in [4.69, 9.17) is 4.74 Å². The summed E-state index contributed by atoms with van der Waals surface area (Å²) in [6.07, 6.45) is 6.43. The Kier molecular flexibility index (Phi) is 5.41. The van der Waals surface area contributed by atoms with Crippen molar-refractivity contribution in [3.63, 3.8) is 0 Å². The molecule has 14 heavy (non-hydrogen) atoms. The van der Waals surface area contributed by atoms with Gasteiger partial charge in [-0.15, -0.1) is 0 Å². The Morgan fingerprint density at radius 1 is 1.21 bits per heavy atom. The van der Waals surface area contributed by atoms with E-state index in [0.717, 1.165) is 26.1 Å². The van der Waals surface area contributed by atoms with Gasteiger partial charge in [0.05, 0.1) is 0 Å². The molecule has 0 aromatic heterocycles. The smallest absolute Gasteiger partial charge is 0.233 e. The van der Waals surface area contributed by atoms with Gasteiger partial charge in [0.2, 0.25) is 5.85 Å². The van der Waals surface area contributed by atoms with Crippen molar-refractivity contribution in [2.75, 3.05) is 19.8 Å². The van der Waals surface area contributed by atoms with Crippen molar-refractivity contribution in [2.24, 2.45) is 0 Å². The quantitative estimate of drug-likeness (QED) is 0.507. The lowest BCUT2D eigenvalue weighted by Crippen LogP contribution is -2.09. The molecule has 0 aliphatic carbocycles. The molecule has 2 aliphatic heterocycles. The Morgan fingerprint density at radius 2 is 1.79 bits per heavy atom. The minimum Gasteiger partial charge on any atom is -0.381 e. The van der Waals surface area contributed by atoms with Crippen LogP contribution in [0.3, 0.4) is 0 Å². The molecular formula is C11H21FO2. The van der Waals surface area contributed by atoms with E-state index < -0.39 is 5.85 Å². The van der Waals surface area contributed by atoms with E-state index in [2.05, 4.69) is 11.7 Å². The summed E-state index contributed by atoms with van der Waals surface area (Å²) in [6, 6.07) is 0. The maximum absolute atomic E-state index is 12.7. The molecule has 2 fully saturated rings. The molecule has 0 spiro atoms. The fourth-order valence-corrected chi connectivity index (χ4v) is 1.18. The molecule has 2 rings (SSSR count). The Labute approximate surface area is 85.8 Å². The third kappa shape index (κ3) is 5.55. The first-order valence-electron chi connectivity index (χ1n) is 5.67. The van der Waals surface area contributed by atoms with Crippen LogP contribution in [0, 0.1) is 0 Å². The van der Waals surface area contributed by atoms with Gasteiger partial charge in [-0.1, -0.05) is 26.2 Å². The van der Waals surface area contributed by atoms with Crippen molar-refractivity contribution < 1.29 is 13.9 Å². The summed E-state index contributed by atoms with van der Waals surface area (Å²) in [4.78, 5) is 0. The predicted octanol–water partition coefficient (Wildman–Crippen LogP) is 3.06. The van der Waals surface area contributed by atoms with E-state index in [9.17, 15) is 4.39 Å². The number of hydrogen-bond acceptors (Lipinski definition) is 2. The standard InChI is InChI=1S/C8H15FO.C3H6O/c1-2-3-4-5-6-8(9)7-10-8;1-2-4-3-1/h2-7H2,1H3;1-3H2. The van der Waals surface area contributed by atoms with Gasteiger partial charge in [0.1, 0.15) is 6.61 Å². The van der Waals surface area contributed by atoms with Gasteiger partial charge in [-0.05, 0) is 12.8 Å². The zero-order chi connectivity index (χ0) is 10.3. The van der Waals surface area contributed by atoms with Crippen molar-refractivity contribution in [1.82, 2.24) is 0 Å². The second-order valence-corrected chi connectivity index (χ2v) is 3.95. The van der Waals surface area contributed by atoms with Crippen molar-refractivity contribution in [3.8, 4) is 0 Å². The monoisotopic (exact) mass is 204 g/mol. The molecule has 84 valence electrons. The van der Waals surface area contributed by atoms with E-state index in [1.165, 1.54) is 19.3 Å². The van der Waals surface area contributed by atoms with Crippen LogP contribution in [-0.2, 0) is 9.47 Å². The number of halogens is 1. The van der Waals surface area contributed by atoms with Gasteiger partial charge >= 0.3 is 0 Å². The molecule has 2 nitrogen and oxygen atoms in total. The summed E-state index contributed by atoms with van der Waals surface area (Å²) in [5.74, 6) is -1.20. The van der Waals surface area contributed by atoms with Crippen LogP contribution in [0.15, 0.2) is 0 Å². The van der Waals surface area contributed by atoms with Gasteiger partial charge in [-0.2, -0.15) is 0 Å². The van der Waals surface area contributed by atoms with Crippen LogP contribution in [0.1, 0.15) is 45.4 Å². The summed E-state index contributed by atoms with van der Waals surface area (Å²) in [5.41, 5.74) is 0. The number of unbranched alkanes of at least 4 members (excludes halogenated alkanes) is 3. The van der Waals surface area contributed by atoms with Crippen molar-refractivity contribution in [1.29, 1.82) is 0 Å². The first-order valence-corrected chi connectivity index (χ1v) is 5.67. The largest absolute Gasteiger partial charge is 0.381 e. The van der Waals surface area contributed by atoms with Gasteiger partial charge in [0.15, 0.2) is 0 Å². The number of rotatable bonds is 5. The Balaban J connectivity index is 0.000000203. The molecule has 2 heterocycles.